The van der Waals surface area contributed by atoms with Crippen molar-refractivity contribution in [2.45, 2.75) is 50.6 Å². The van der Waals surface area contributed by atoms with Gasteiger partial charge < -0.3 is 0 Å². The van der Waals surface area contributed by atoms with Crippen LogP contribution in [0.2, 0.25) is 0 Å². The number of hydrogen-bond donors (Lipinski definition) is 0. The van der Waals surface area contributed by atoms with Crippen molar-refractivity contribution in [3.05, 3.63) is 71.8 Å². The maximum atomic E-state index is 14.8. The van der Waals surface area contributed by atoms with Crippen molar-refractivity contribution in [1.82, 2.24) is 0 Å². The van der Waals surface area contributed by atoms with Crippen LogP contribution < -0.4 is 0 Å². The number of rotatable bonds is 3. The molecule has 4 atom stereocenters. The van der Waals surface area contributed by atoms with Gasteiger partial charge in [-0.1, -0.05) is 24.3 Å². The Balaban J connectivity index is 1.52. The van der Waals surface area contributed by atoms with Gasteiger partial charge in [-0.15, -0.1) is 6.58 Å². The lowest BCUT2D eigenvalue weighted by molar-refractivity contribution is -0.139. The summed E-state index contributed by atoms with van der Waals surface area (Å²) < 4.78 is 67.0. The summed E-state index contributed by atoms with van der Waals surface area (Å²) in [6.07, 6.45) is 4.05. The van der Waals surface area contributed by atoms with Crippen LogP contribution >= 0.6 is 0 Å². The van der Waals surface area contributed by atoms with E-state index in [1.54, 1.807) is 6.07 Å². The first kappa shape index (κ1) is 21.1. The molecule has 0 heterocycles. The Kier molecular flexibility index (Phi) is 5.73. The zero-order valence-corrected chi connectivity index (χ0v) is 16.7. The standard InChI is InChI=1S/C25H25F5/c1-2-15-3-4-17-12-18(6-5-16(17)11-15)19-7-9-21(23(26)13-19)20-8-10-22(24(27)14-20)25(28,29)30/h2,7-10,13-18H,1,3-6,11-12H2. The van der Waals surface area contributed by atoms with Gasteiger partial charge in [0.15, 0.2) is 0 Å². The van der Waals surface area contributed by atoms with E-state index >= 15 is 0 Å². The average molecular weight is 420 g/mol. The second-order valence-corrected chi connectivity index (χ2v) is 8.77. The van der Waals surface area contributed by atoms with Crippen LogP contribution in [0.15, 0.2) is 49.1 Å². The fourth-order valence-electron chi connectivity index (χ4n) is 5.37. The van der Waals surface area contributed by atoms with Gasteiger partial charge in [0.1, 0.15) is 11.6 Å². The van der Waals surface area contributed by atoms with Crippen LogP contribution in [0, 0.1) is 29.4 Å². The molecule has 2 aromatic carbocycles. The Bertz CT molecular complexity index is 930. The van der Waals surface area contributed by atoms with Gasteiger partial charge in [0.25, 0.3) is 0 Å². The van der Waals surface area contributed by atoms with Crippen molar-refractivity contribution in [2.75, 3.05) is 0 Å². The van der Waals surface area contributed by atoms with Crippen LogP contribution in [-0.4, -0.2) is 0 Å². The van der Waals surface area contributed by atoms with E-state index in [0.29, 0.717) is 23.8 Å². The van der Waals surface area contributed by atoms with Gasteiger partial charge in [0.2, 0.25) is 0 Å². The number of alkyl halides is 3. The van der Waals surface area contributed by atoms with Crippen LogP contribution in [0.25, 0.3) is 11.1 Å². The molecule has 5 heteroatoms. The minimum Gasteiger partial charge on any atom is -0.206 e. The van der Waals surface area contributed by atoms with Crippen LogP contribution in [0.4, 0.5) is 22.0 Å². The molecule has 0 radical (unpaired) electrons. The van der Waals surface area contributed by atoms with Crippen molar-refractivity contribution in [3.8, 4) is 11.1 Å². The molecule has 30 heavy (non-hydrogen) atoms. The molecule has 160 valence electrons. The van der Waals surface area contributed by atoms with E-state index in [-0.39, 0.29) is 11.1 Å². The van der Waals surface area contributed by atoms with Crippen LogP contribution in [0.3, 0.4) is 0 Å². The second-order valence-electron chi connectivity index (χ2n) is 8.77. The highest BCUT2D eigenvalue weighted by atomic mass is 19.4. The predicted octanol–water partition coefficient (Wildman–Crippen LogP) is 8.14. The molecular weight excluding hydrogens is 395 g/mol. The van der Waals surface area contributed by atoms with Crippen molar-refractivity contribution in [2.24, 2.45) is 17.8 Å². The molecule has 0 spiro atoms. The maximum absolute atomic E-state index is 14.8. The number of halogens is 5. The lowest BCUT2D eigenvalue weighted by atomic mass is 9.64. The third kappa shape index (κ3) is 4.17. The summed E-state index contributed by atoms with van der Waals surface area (Å²) in [5.74, 6) is 0.369. The van der Waals surface area contributed by atoms with Gasteiger partial charge in [0.05, 0.1) is 5.56 Å². The summed E-state index contributed by atoms with van der Waals surface area (Å²) in [7, 11) is 0. The van der Waals surface area contributed by atoms with Crippen molar-refractivity contribution < 1.29 is 22.0 Å². The normalized spacial score (nSPS) is 26.8. The molecule has 0 nitrogen and oxygen atoms in total. The third-order valence-corrected chi connectivity index (χ3v) is 7.04. The smallest absolute Gasteiger partial charge is 0.206 e. The molecule has 2 aliphatic rings. The molecule has 0 amide bonds. The predicted molar refractivity (Wildman–Crippen MR) is 108 cm³/mol. The number of fused-ring (bicyclic) bond motifs is 1. The number of hydrogen-bond acceptors (Lipinski definition) is 0. The van der Waals surface area contributed by atoms with E-state index in [4.69, 9.17) is 0 Å². The van der Waals surface area contributed by atoms with Gasteiger partial charge in [-0.3, -0.25) is 0 Å². The van der Waals surface area contributed by atoms with E-state index < -0.39 is 23.4 Å². The summed E-state index contributed by atoms with van der Waals surface area (Å²) in [5.41, 5.74) is -0.193. The molecular formula is C25H25F5. The molecule has 0 aromatic heterocycles. The average Bonchev–Trinajstić information content (AvgIpc) is 2.71. The van der Waals surface area contributed by atoms with E-state index in [0.717, 1.165) is 42.9 Å². The molecule has 0 bridgehead atoms. The molecule has 0 N–H and O–H groups in total. The molecule has 0 aliphatic heterocycles. The SMILES string of the molecule is C=CC1CCC2CC(c3ccc(-c4ccc(C(F)(F)F)c(F)c4)c(F)c3)CCC2C1. The Morgan fingerprint density at radius 2 is 1.57 bits per heavy atom. The Morgan fingerprint density at radius 3 is 2.23 bits per heavy atom. The highest BCUT2D eigenvalue weighted by molar-refractivity contribution is 5.65. The quantitative estimate of drug-likeness (QED) is 0.347. The molecule has 2 aliphatic carbocycles. The Labute approximate surface area is 173 Å². The molecule has 4 unspecified atom stereocenters. The summed E-state index contributed by atoms with van der Waals surface area (Å²) >= 11 is 0. The van der Waals surface area contributed by atoms with Crippen molar-refractivity contribution in [1.29, 1.82) is 0 Å². The molecule has 2 aromatic rings. The molecule has 0 saturated heterocycles. The maximum Gasteiger partial charge on any atom is 0.419 e. The third-order valence-electron chi connectivity index (χ3n) is 7.04. The van der Waals surface area contributed by atoms with Crippen LogP contribution in [-0.2, 0) is 6.18 Å². The Morgan fingerprint density at radius 1 is 0.833 bits per heavy atom. The first-order chi connectivity index (χ1) is 14.3. The topological polar surface area (TPSA) is 0 Å². The van der Waals surface area contributed by atoms with Crippen LogP contribution in [0.5, 0.6) is 0 Å². The monoisotopic (exact) mass is 420 g/mol. The van der Waals surface area contributed by atoms with Gasteiger partial charge in [0, 0.05) is 5.56 Å². The summed E-state index contributed by atoms with van der Waals surface area (Å²) in [4.78, 5) is 0. The minimum atomic E-state index is -4.77. The van der Waals surface area contributed by atoms with E-state index in [9.17, 15) is 22.0 Å². The lowest BCUT2D eigenvalue weighted by Gasteiger charge is -2.41. The summed E-state index contributed by atoms with van der Waals surface area (Å²) in [5, 5.41) is 0. The summed E-state index contributed by atoms with van der Waals surface area (Å²) in [6.45, 7) is 3.93. The highest BCUT2D eigenvalue weighted by Crippen LogP contribution is 2.48. The van der Waals surface area contributed by atoms with Gasteiger partial charge in [-0.05, 0) is 91.5 Å². The van der Waals surface area contributed by atoms with E-state index in [1.807, 2.05) is 6.07 Å². The van der Waals surface area contributed by atoms with E-state index in [2.05, 4.69) is 12.7 Å². The number of benzene rings is 2. The minimum absolute atomic E-state index is 0.107. The first-order valence-corrected chi connectivity index (χ1v) is 10.6. The Hall–Kier alpha value is -2.17. The van der Waals surface area contributed by atoms with Crippen LogP contribution in [0.1, 0.15) is 55.6 Å². The zero-order valence-electron chi connectivity index (χ0n) is 16.7. The van der Waals surface area contributed by atoms with Crippen molar-refractivity contribution >= 4 is 0 Å². The van der Waals surface area contributed by atoms with Crippen molar-refractivity contribution in [3.63, 3.8) is 0 Å². The fourth-order valence-corrected chi connectivity index (χ4v) is 5.37. The van der Waals surface area contributed by atoms with Gasteiger partial charge >= 0.3 is 6.18 Å². The lowest BCUT2D eigenvalue weighted by Crippen LogP contribution is -2.29. The second kappa shape index (κ2) is 8.16. The summed E-state index contributed by atoms with van der Waals surface area (Å²) in [6, 6.07) is 7.42. The molecule has 4 rings (SSSR count). The molecule has 2 fully saturated rings. The molecule has 2 saturated carbocycles. The largest absolute Gasteiger partial charge is 0.419 e. The first-order valence-electron chi connectivity index (χ1n) is 10.6. The number of allylic oxidation sites excluding steroid dienone is 1. The fraction of sp³-hybridized carbons (Fsp3) is 0.440. The van der Waals surface area contributed by atoms with Gasteiger partial charge in [-0.25, -0.2) is 8.78 Å². The van der Waals surface area contributed by atoms with Gasteiger partial charge in [-0.2, -0.15) is 13.2 Å². The zero-order chi connectivity index (χ0) is 21.5. The van der Waals surface area contributed by atoms with E-state index in [1.165, 1.54) is 25.3 Å². The highest BCUT2D eigenvalue weighted by Gasteiger charge is 2.36.